The highest BCUT2D eigenvalue weighted by atomic mass is 32.2. The Labute approximate surface area is 163 Å². The standard InChI is InChI=1S/C15H28N4O5S2/c1-8(2)12(15(23)24)19-14(22)10(7-25)18-11(20)6-17-13(21)9(16)4-5-26-3/h8-10,12,25H,4-7,16H2,1-3H3,(H,17,21)(H,18,20)(H,19,22)(H,23,24). The van der Waals surface area contributed by atoms with E-state index in [2.05, 4.69) is 28.6 Å². The molecular formula is C15H28N4O5S2. The van der Waals surface area contributed by atoms with Crippen molar-refractivity contribution in [3.05, 3.63) is 0 Å². The van der Waals surface area contributed by atoms with Crippen molar-refractivity contribution in [2.24, 2.45) is 11.7 Å². The van der Waals surface area contributed by atoms with E-state index in [0.717, 1.165) is 5.75 Å². The lowest BCUT2D eigenvalue weighted by atomic mass is 10.0. The highest BCUT2D eigenvalue weighted by Crippen LogP contribution is 2.03. The largest absolute Gasteiger partial charge is 0.480 e. The van der Waals surface area contributed by atoms with Gasteiger partial charge in [0.2, 0.25) is 17.7 Å². The third-order valence-electron chi connectivity index (χ3n) is 3.46. The van der Waals surface area contributed by atoms with Gasteiger partial charge in [-0.2, -0.15) is 24.4 Å². The zero-order valence-corrected chi connectivity index (χ0v) is 16.9. The van der Waals surface area contributed by atoms with Crippen molar-refractivity contribution < 1.29 is 24.3 Å². The minimum absolute atomic E-state index is 0.0246. The second kappa shape index (κ2) is 12.8. The van der Waals surface area contributed by atoms with Crippen LogP contribution in [0.15, 0.2) is 0 Å². The number of hydrogen-bond donors (Lipinski definition) is 6. The van der Waals surface area contributed by atoms with Gasteiger partial charge in [0.05, 0.1) is 12.6 Å². The van der Waals surface area contributed by atoms with E-state index >= 15 is 0 Å². The second-order valence-electron chi connectivity index (χ2n) is 5.98. The summed E-state index contributed by atoms with van der Waals surface area (Å²) < 4.78 is 0. The van der Waals surface area contributed by atoms with Gasteiger partial charge in [0.1, 0.15) is 12.1 Å². The molecule has 0 rings (SSSR count). The van der Waals surface area contributed by atoms with Crippen molar-refractivity contribution >= 4 is 48.1 Å². The lowest BCUT2D eigenvalue weighted by Crippen LogP contribution is -2.55. The summed E-state index contributed by atoms with van der Waals surface area (Å²) in [5.41, 5.74) is 5.69. The Morgan fingerprint density at radius 1 is 1.15 bits per heavy atom. The van der Waals surface area contributed by atoms with E-state index in [0.29, 0.717) is 6.42 Å². The van der Waals surface area contributed by atoms with Crippen LogP contribution in [0, 0.1) is 5.92 Å². The Morgan fingerprint density at radius 2 is 1.77 bits per heavy atom. The van der Waals surface area contributed by atoms with Crippen molar-refractivity contribution in [2.75, 3.05) is 24.3 Å². The van der Waals surface area contributed by atoms with Crippen LogP contribution in [0.1, 0.15) is 20.3 Å². The zero-order chi connectivity index (χ0) is 20.3. The second-order valence-corrected chi connectivity index (χ2v) is 7.33. The summed E-state index contributed by atoms with van der Waals surface area (Å²) in [5, 5.41) is 16.3. The van der Waals surface area contributed by atoms with Crippen LogP contribution in [0.5, 0.6) is 0 Å². The van der Waals surface area contributed by atoms with Gasteiger partial charge in [-0.05, 0) is 24.3 Å². The lowest BCUT2D eigenvalue weighted by molar-refractivity contribution is -0.143. The van der Waals surface area contributed by atoms with Gasteiger partial charge >= 0.3 is 5.97 Å². The predicted molar refractivity (Wildman–Crippen MR) is 104 cm³/mol. The topological polar surface area (TPSA) is 151 Å². The van der Waals surface area contributed by atoms with E-state index in [4.69, 9.17) is 10.8 Å². The number of hydrogen-bond acceptors (Lipinski definition) is 7. The average molecular weight is 409 g/mol. The molecule has 0 aromatic rings. The number of amides is 3. The molecule has 0 heterocycles. The summed E-state index contributed by atoms with van der Waals surface area (Å²) in [6.07, 6.45) is 2.39. The van der Waals surface area contributed by atoms with Crippen LogP contribution in [0.25, 0.3) is 0 Å². The first-order chi connectivity index (χ1) is 12.1. The minimum Gasteiger partial charge on any atom is -0.480 e. The van der Waals surface area contributed by atoms with E-state index in [1.165, 1.54) is 0 Å². The third kappa shape index (κ3) is 9.30. The maximum atomic E-state index is 12.1. The first kappa shape index (κ1) is 24.5. The molecule has 0 aliphatic carbocycles. The maximum absolute atomic E-state index is 12.1. The van der Waals surface area contributed by atoms with E-state index in [1.807, 2.05) is 6.26 Å². The molecule has 150 valence electrons. The maximum Gasteiger partial charge on any atom is 0.326 e. The molecule has 0 radical (unpaired) electrons. The molecular weight excluding hydrogens is 380 g/mol. The van der Waals surface area contributed by atoms with Gasteiger partial charge < -0.3 is 26.8 Å². The van der Waals surface area contributed by atoms with E-state index < -0.39 is 41.8 Å². The molecule has 0 aromatic heterocycles. The van der Waals surface area contributed by atoms with Crippen molar-refractivity contribution in [3.63, 3.8) is 0 Å². The van der Waals surface area contributed by atoms with Crippen LogP contribution in [0.4, 0.5) is 0 Å². The van der Waals surface area contributed by atoms with Crippen molar-refractivity contribution in [2.45, 2.75) is 38.4 Å². The van der Waals surface area contributed by atoms with Gasteiger partial charge in [-0.3, -0.25) is 14.4 Å². The van der Waals surface area contributed by atoms with Gasteiger partial charge in [-0.25, -0.2) is 4.79 Å². The van der Waals surface area contributed by atoms with Gasteiger partial charge in [0, 0.05) is 5.75 Å². The highest BCUT2D eigenvalue weighted by Gasteiger charge is 2.27. The normalized spacial score (nSPS) is 14.2. The monoisotopic (exact) mass is 408 g/mol. The van der Waals surface area contributed by atoms with Crippen LogP contribution in [-0.4, -0.2) is 71.2 Å². The van der Waals surface area contributed by atoms with E-state index in [9.17, 15) is 19.2 Å². The lowest BCUT2D eigenvalue weighted by Gasteiger charge is -2.22. The van der Waals surface area contributed by atoms with Crippen molar-refractivity contribution in [1.29, 1.82) is 0 Å². The van der Waals surface area contributed by atoms with Crippen LogP contribution in [0.3, 0.4) is 0 Å². The fourth-order valence-corrected chi connectivity index (χ4v) is 2.63. The molecule has 3 amide bonds. The van der Waals surface area contributed by atoms with Crippen LogP contribution in [-0.2, 0) is 19.2 Å². The smallest absolute Gasteiger partial charge is 0.326 e. The first-order valence-electron chi connectivity index (χ1n) is 8.09. The Balaban J connectivity index is 4.53. The van der Waals surface area contributed by atoms with E-state index in [1.54, 1.807) is 25.6 Å². The quantitative estimate of drug-likeness (QED) is 0.223. The molecule has 0 bridgehead atoms. The number of nitrogens with two attached hydrogens (primary N) is 1. The Morgan fingerprint density at radius 3 is 2.23 bits per heavy atom. The van der Waals surface area contributed by atoms with Gasteiger partial charge in [-0.15, -0.1) is 0 Å². The number of carbonyl (C=O) groups is 4. The fourth-order valence-electron chi connectivity index (χ4n) is 1.88. The molecule has 0 fully saturated rings. The number of aliphatic carboxylic acids is 1. The summed E-state index contributed by atoms with van der Waals surface area (Å²) in [6.45, 7) is 2.97. The molecule has 0 saturated heterocycles. The number of carboxylic acid groups (broad SMARTS) is 1. The number of rotatable bonds is 12. The number of carboxylic acids is 1. The molecule has 0 aromatic carbocycles. The zero-order valence-electron chi connectivity index (χ0n) is 15.2. The Bertz CT molecular complexity index is 504. The molecule has 26 heavy (non-hydrogen) atoms. The Hall–Kier alpha value is -1.46. The van der Waals surface area contributed by atoms with Crippen LogP contribution >= 0.6 is 24.4 Å². The average Bonchev–Trinajstić information content (AvgIpc) is 2.58. The molecule has 0 spiro atoms. The molecule has 3 unspecified atom stereocenters. The number of carbonyl (C=O) groups excluding carboxylic acids is 3. The molecule has 9 nitrogen and oxygen atoms in total. The molecule has 11 heteroatoms. The van der Waals surface area contributed by atoms with Gasteiger partial charge in [0.15, 0.2) is 0 Å². The fraction of sp³-hybridized carbons (Fsp3) is 0.733. The number of nitrogens with one attached hydrogen (secondary N) is 3. The minimum atomic E-state index is -1.16. The van der Waals surface area contributed by atoms with Crippen molar-refractivity contribution in [1.82, 2.24) is 16.0 Å². The van der Waals surface area contributed by atoms with Gasteiger partial charge in [0.25, 0.3) is 0 Å². The van der Waals surface area contributed by atoms with E-state index in [-0.39, 0.29) is 18.2 Å². The summed E-state index contributed by atoms with van der Waals surface area (Å²) in [4.78, 5) is 47.0. The van der Waals surface area contributed by atoms with Crippen LogP contribution < -0.4 is 21.7 Å². The Kier molecular flexibility index (Phi) is 12.1. The first-order valence-corrected chi connectivity index (χ1v) is 10.1. The highest BCUT2D eigenvalue weighted by molar-refractivity contribution is 7.98. The number of thioether (sulfide) groups is 1. The SMILES string of the molecule is CSCCC(N)C(=O)NCC(=O)NC(CS)C(=O)NC(C(=O)O)C(C)C. The third-order valence-corrected chi connectivity index (χ3v) is 4.47. The molecule has 0 aliphatic rings. The predicted octanol–water partition coefficient (Wildman–Crippen LogP) is -1.18. The van der Waals surface area contributed by atoms with Crippen LogP contribution in [0.2, 0.25) is 0 Å². The molecule has 6 N–H and O–H groups in total. The molecule has 0 aliphatic heterocycles. The molecule has 3 atom stereocenters. The number of thiol groups is 1. The van der Waals surface area contributed by atoms with Gasteiger partial charge in [-0.1, -0.05) is 13.8 Å². The summed E-state index contributed by atoms with van der Waals surface area (Å²) in [6, 6.07) is -2.80. The molecule has 0 saturated carbocycles. The summed E-state index contributed by atoms with van der Waals surface area (Å²) in [5.74, 6) is -2.49. The summed E-state index contributed by atoms with van der Waals surface area (Å²) in [7, 11) is 0. The van der Waals surface area contributed by atoms with Crippen molar-refractivity contribution in [3.8, 4) is 0 Å². The summed E-state index contributed by atoms with van der Waals surface area (Å²) >= 11 is 5.56.